The average Bonchev–Trinajstić information content (AvgIpc) is 3.12. The zero-order chi connectivity index (χ0) is 14.4. The van der Waals surface area contributed by atoms with Gasteiger partial charge in [0.05, 0.1) is 6.61 Å². The van der Waals surface area contributed by atoms with Crippen LogP contribution in [0.2, 0.25) is 0 Å². The number of carbonyl (C=O) groups is 1. The number of rotatable bonds is 7. The van der Waals surface area contributed by atoms with E-state index in [1.54, 1.807) is 4.90 Å². The summed E-state index contributed by atoms with van der Waals surface area (Å²) < 4.78 is 5.22. The fraction of sp³-hybridized carbons (Fsp3) is 0.786. The van der Waals surface area contributed by atoms with Gasteiger partial charge < -0.3 is 14.5 Å². The molecular weight excluding hydrogens is 258 g/mol. The minimum absolute atomic E-state index is 0.00797. The van der Waals surface area contributed by atoms with Crippen molar-refractivity contribution in [3.8, 4) is 0 Å². The van der Waals surface area contributed by atoms with E-state index in [9.17, 15) is 4.79 Å². The van der Waals surface area contributed by atoms with E-state index >= 15 is 0 Å². The first-order valence-corrected chi connectivity index (χ1v) is 7.45. The van der Waals surface area contributed by atoms with Gasteiger partial charge in [0.1, 0.15) is 0 Å². The molecule has 1 aliphatic carbocycles. The molecular formula is C14H23N3O3. The van der Waals surface area contributed by atoms with Gasteiger partial charge in [-0.25, -0.2) is 0 Å². The Morgan fingerprint density at radius 3 is 2.85 bits per heavy atom. The summed E-state index contributed by atoms with van der Waals surface area (Å²) in [6.07, 6.45) is 5.57. The molecule has 20 heavy (non-hydrogen) atoms. The van der Waals surface area contributed by atoms with Crippen LogP contribution in [0, 0.1) is 0 Å². The maximum atomic E-state index is 11.9. The number of aliphatic hydroxyl groups is 1. The third-order valence-electron chi connectivity index (χ3n) is 3.86. The molecule has 1 saturated carbocycles. The van der Waals surface area contributed by atoms with Crippen LogP contribution in [0.3, 0.4) is 0 Å². The lowest BCUT2D eigenvalue weighted by atomic mass is 10.1. The normalized spacial score (nSPS) is 15.7. The second-order valence-corrected chi connectivity index (χ2v) is 5.22. The number of nitrogens with zero attached hydrogens (tertiary/aromatic N) is 3. The second kappa shape index (κ2) is 7.38. The van der Waals surface area contributed by atoms with Crippen molar-refractivity contribution < 1.29 is 14.4 Å². The Labute approximate surface area is 119 Å². The van der Waals surface area contributed by atoms with Crippen LogP contribution in [-0.2, 0) is 11.2 Å². The number of aliphatic hydroxyl groups excluding tert-OH is 1. The van der Waals surface area contributed by atoms with E-state index in [1.165, 1.54) is 12.8 Å². The maximum Gasteiger partial charge on any atom is 0.227 e. The van der Waals surface area contributed by atoms with Crippen LogP contribution in [0.4, 0.5) is 0 Å². The van der Waals surface area contributed by atoms with Crippen LogP contribution < -0.4 is 0 Å². The lowest BCUT2D eigenvalue weighted by molar-refractivity contribution is -0.131. The standard InChI is InChI=1S/C14H23N3O3/c1-2-17(9-10-18)13(19)8-7-12-15-14(16-20-12)11-5-3-4-6-11/h11,18H,2-10H2,1H3. The van der Waals surface area contributed by atoms with Gasteiger partial charge in [-0.3, -0.25) is 4.79 Å². The van der Waals surface area contributed by atoms with Crippen molar-refractivity contribution in [1.82, 2.24) is 15.0 Å². The summed E-state index contributed by atoms with van der Waals surface area (Å²) >= 11 is 0. The van der Waals surface area contributed by atoms with Gasteiger partial charge in [-0.05, 0) is 19.8 Å². The van der Waals surface area contributed by atoms with E-state index in [1.807, 2.05) is 6.92 Å². The Balaban J connectivity index is 1.83. The molecule has 1 N–H and O–H groups in total. The topological polar surface area (TPSA) is 79.5 Å². The van der Waals surface area contributed by atoms with E-state index in [2.05, 4.69) is 10.1 Å². The van der Waals surface area contributed by atoms with E-state index in [0.717, 1.165) is 18.7 Å². The number of aryl methyl sites for hydroxylation is 1. The molecule has 1 fully saturated rings. The SMILES string of the molecule is CCN(CCO)C(=O)CCc1nc(C2CCCC2)no1. The van der Waals surface area contributed by atoms with Crippen molar-refractivity contribution in [3.63, 3.8) is 0 Å². The molecule has 0 aliphatic heterocycles. The predicted molar refractivity (Wildman–Crippen MR) is 73.2 cm³/mol. The molecule has 112 valence electrons. The molecule has 1 aromatic heterocycles. The largest absolute Gasteiger partial charge is 0.395 e. The zero-order valence-corrected chi connectivity index (χ0v) is 12.0. The average molecular weight is 281 g/mol. The Morgan fingerprint density at radius 1 is 1.45 bits per heavy atom. The molecule has 0 bridgehead atoms. The number of carbonyl (C=O) groups excluding carboxylic acids is 1. The van der Waals surface area contributed by atoms with Crippen LogP contribution in [0.25, 0.3) is 0 Å². The molecule has 0 spiro atoms. The van der Waals surface area contributed by atoms with Crippen molar-refractivity contribution in [3.05, 3.63) is 11.7 Å². The van der Waals surface area contributed by atoms with Crippen LogP contribution in [0.15, 0.2) is 4.52 Å². The molecule has 1 amide bonds. The highest BCUT2D eigenvalue weighted by molar-refractivity contribution is 5.76. The minimum Gasteiger partial charge on any atom is -0.395 e. The van der Waals surface area contributed by atoms with Crippen LogP contribution in [0.5, 0.6) is 0 Å². The molecule has 6 nitrogen and oxygen atoms in total. The van der Waals surface area contributed by atoms with Gasteiger partial charge >= 0.3 is 0 Å². The predicted octanol–water partition coefficient (Wildman–Crippen LogP) is 1.50. The quantitative estimate of drug-likeness (QED) is 0.819. The summed E-state index contributed by atoms with van der Waals surface area (Å²) in [5.41, 5.74) is 0. The second-order valence-electron chi connectivity index (χ2n) is 5.22. The summed E-state index contributed by atoms with van der Waals surface area (Å²) in [5.74, 6) is 1.79. The first-order valence-electron chi connectivity index (χ1n) is 7.45. The molecule has 0 aromatic carbocycles. The van der Waals surface area contributed by atoms with E-state index < -0.39 is 0 Å². The van der Waals surface area contributed by atoms with Gasteiger partial charge in [0.15, 0.2) is 5.82 Å². The van der Waals surface area contributed by atoms with Crippen LogP contribution in [0.1, 0.15) is 56.7 Å². The molecule has 0 saturated heterocycles. The molecule has 6 heteroatoms. The maximum absolute atomic E-state index is 11.9. The van der Waals surface area contributed by atoms with Crippen molar-refractivity contribution in [2.75, 3.05) is 19.7 Å². The first kappa shape index (κ1) is 15.0. The highest BCUT2D eigenvalue weighted by Crippen LogP contribution is 2.32. The summed E-state index contributed by atoms with van der Waals surface area (Å²) in [6.45, 7) is 2.88. The van der Waals surface area contributed by atoms with Gasteiger partial charge in [0.2, 0.25) is 11.8 Å². The fourth-order valence-electron chi connectivity index (χ4n) is 2.67. The van der Waals surface area contributed by atoms with E-state index in [4.69, 9.17) is 9.63 Å². The minimum atomic E-state index is -0.00797. The Hall–Kier alpha value is -1.43. The van der Waals surface area contributed by atoms with Crippen molar-refractivity contribution in [2.24, 2.45) is 0 Å². The Bertz CT molecular complexity index is 427. The molecule has 0 unspecified atom stereocenters. The van der Waals surface area contributed by atoms with E-state index in [-0.39, 0.29) is 12.5 Å². The van der Waals surface area contributed by atoms with Gasteiger partial charge in [-0.1, -0.05) is 18.0 Å². The molecule has 0 atom stereocenters. The number of aromatic nitrogens is 2. The Kier molecular flexibility index (Phi) is 5.52. The fourth-order valence-corrected chi connectivity index (χ4v) is 2.67. The molecule has 1 heterocycles. The summed E-state index contributed by atoms with van der Waals surface area (Å²) in [7, 11) is 0. The van der Waals surface area contributed by atoms with Crippen LogP contribution >= 0.6 is 0 Å². The van der Waals surface area contributed by atoms with Gasteiger partial charge in [0, 0.05) is 31.8 Å². The summed E-state index contributed by atoms with van der Waals surface area (Å²) in [4.78, 5) is 18.0. The molecule has 1 aromatic rings. The van der Waals surface area contributed by atoms with E-state index in [0.29, 0.717) is 37.7 Å². The first-order chi connectivity index (χ1) is 9.74. The van der Waals surface area contributed by atoms with Crippen LogP contribution in [-0.4, -0.2) is 45.8 Å². The lowest BCUT2D eigenvalue weighted by Gasteiger charge is -2.18. The number of amides is 1. The summed E-state index contributed by atoms with van der Waals surface area (Å²) in [6, 6.07) is 0. The van der Waals surface area contributed by atoms with Crippen molar-refractivity contribution in [1.29, 1.82) is 0 Å². The monoisotopic (exact) mass is 281 g/mol. The Morgan fingerprint density at radius 2 is 2.20 bits per heavy atom. The highest BCUT2D eigenvalue weighted by atomic mass is 16.5. The van der Waals surface area contributed by atoms with Gasteiger partial charge in [-0.15, -0.1) is 0 Å². The van der Waals surface area contributed by atoms with Crippen molar-refractivity contribution >= 4 is 5.91 Å². The summed E-state index contributed by atoms with van der Waals surface area (Å²) in [5, 5.41) is 12.9. The molecule has 0 radical (unpaired) electrons. The van der Waals surface area contributed by atoms with Gasteiger partial charge in [0.25, 0.3) is 0 Å². The lowest BCUT2D eigenvalue weighted by Crippen LogP contribution is -2.33. The van der Waals surface area contributed by atoms with Gasteiger partial charge in [-0.2, -0.15) is 4.98 Å². The zero-order valence-electron chi connectivity index (χ0n) is 12.0. The third kappa shape index (κ3) is 3.79. The van der Waals surface area contributed by atoms with Crippen molar-refractivity contribution in [2.45, 2.75) is 51.4 Å². The molecule has 1 aliphatic rings. The number of likely N-dealkylation sites (N-methyl/N-ethyl adjacent to an activating group) is 1. The molecule has 2 rings (SSSR count). The number of hydrogen-bond donors (Lipinski definition) is 1. The number of hydrogen-bond acceptors (Lipinski definition) is 5. The third-order valence-corrected chi connectivity index (χ3v) is 3.86. The highest BCUT2D eigenvalue weighted by Gasteiger charge is 2.22. The smallest absolute Gasteiger partial charge is 0.227 e.